The van der Waals surface area contributed by atoms with E-state index in [-0.39, 0.29) is 0 Å². The van der Waals surface area contributed by atoms with Gasteiger partial charge in [0.25, 0.3) is 0 Å². The van der Waals surface area contributed by atoms with Crippen LogP contribution in [0.25, 0.3) is 0 Å². The molecule has 2 aromatic rings. The molecule has 19 heavy (non-hydrogen) atoms. The van der Waals surface area contributed by atoms with E-state index in [1.165, 1.54) is 16.9 Å². The minimum absolute atomic E-state index is 0.679. The van der Waals surface area contributed by atoms with E-state index in [9.17, 15) is 5.11 Å². The molecule has 0 amide bonds. The Morgan fingerprint density at radius 3 is 2.68 bits per heavy atom. The van der Waals surface area contributed by atoms with Crippen LogP contribution in [0.2, 0.25) is 4.34 Å². The van der Waals surface area contributed by atoms with E-state index in [0.717, 1.165) is 28.7 Å². The molecule has 0 saturated carbocycles. The SMILES string of the molecule is OC1(c2ccc(Cl)s2)CCN(Cc2ccccc2)C1. The number of thiophene rings is 1. The van der Waals surface area contributed by atoms with E-state index in [1.807, 2.05) is 18.2 Å². The van der Waals surface area contributed by atoms with Crippen LogP contribution in [0.4, 0.5) is 0 Å². The van der Waals surface area contributed by atoms with Crippen LogP contribution >= 0.6 is 22.9 Å². The lowest BCUT2D eigenvalue weighted by molar-refractivity contribution is 0.0489. The second kappa shape index (κ2) is 5.25. The highest BCUT2D eigenvalue weighted by molar-refractivity contribution is 7.16. The molecule has 0 bridgehead atoms. The number of halogens is 1. The predicted molar refractivity (Wildman–Crippen MR) is 79.6 cm³/mol. The Balaban J connectivity index is 1.70. The molecule has 1 aromatic heterocycles. The summed E-state index contributed by atoms with van der Waals surface area (Å²) in [5, 5.41) is 10.7. The van der Waals surface area contributed by atoms with E-state index in [4.69, 9.17) is 11.6 Å². The monoisotopic (exact) mass is 293 g/mol. The van der Waals surface area contributed by atoms with Crippen molar-refractivity contribution in [2.45, 2.75) is 18.6 Å². The van der Waals surface area contributed by atoms with Crippen molar-refractivity contribution in [1.82, 2.24) is 4.90 Å². The molecule has 0 radical (unpaired) electrons. The summed E-state index contributed by atoms with van der Waals surface area (Å²) < 4.78 is 0.741. The van der Waals surface area contributed by atoms with Crippen molar-refractivity contribution in [2.24, 2.45) is 0 Å². The molecular weight excluding hydrogens is 278 g/mol. The van der Waals surface area contributed by atoms with Gasteiger partial charge < -0.3 is 5.11 Å². The third-order valence-corrected chi connectivity index (χ3v) is 5.03. The fraction of sp³-hybridized carbons (Fsp3) is 0.333. The number of benzene rings is 1. The standard InChI is InChI=1S/C15H16ClNOS/c16-14-7-6-13(19-14)15(18)8-9-17(11-15)10-12-4-2-1-3-5-12/h1-7,18H,8-11H2. The fourth-order valence-corrected chi connectivity index (χ4v) is 3.76. The van der Waals surface area contributed by atoms with Gasteiger partial charge in [0.05, 0.1) is 4.34 Å². The molecule has 1 saturated heterocycles. The number of hydrogen-bond donors (Lipinski definition) is 1. The average Bonchev–Trinajstić information content (AvgIpc) is 2.99. The van der Waals surface area contributed by atoms with Gasteiger partial charge in [0.1, 0.15) is 5.60 Å². The second-order valence-electron chi connectivity index (χ2n) is 5.08. The van der Waals surface area contributed by atoms with E-state index in [0.29, 0.717) is 6.54 Å². The molecule has 100 valence electrons. The highest BCUT2D eigenvalue weighted by Crippen LogP contribution is 2.37. The molecule has 1 atom stereocenters. The van der Waals surface area contributed by atoms with Crippen LogP contribution in [-0.2, 0) is 12.1 Å². The minimum atomic E-state index is -0.730. The second-order valence-corrected chi connectivity index (χ2v) is 6.80. The van der Waals surface area contributed by atoms with E-state index in [2.05, 4.69) is 29.2 Å². The van der Waals surface area contributed by atoms with Crippen molar-refractivity contribution in [3.63, 3.8) is 0 Å². The number of hydrogen-bond acceptors (Lipinski definition) is 3. The number of aliphatic hydroxyl groups is 1. The molecule has 0 spiro atoms. The first-order valence-corrected chi connectivity index (χ1v) is 7.60. The molecule has 1 aliphatic rings. The zero-order chi connectivity index (χ0) is 13.3. The van der Waals surface area contributed by atoms with Crippen molar-refractivity contribution in [1.29, 1.82) is 0 Å². The number of likely N-dealkylation sites (tertiary alicyclic amines) is 1. The highest BCUT2D eigenvalue weighted by Gasteiger charge is 2.38. The van der Waals surface area contributed by atoms with Gasteiger partial charge in [-0.15, -0.1) is 11.3 Å². The van der Waals surface area contributed by atoms with E-state index >= 15 is 0 Å². The van der Waals surface area contributed by atoms with Crippen molar-refractivity contribution < 1.29 is 5.11 Å². The lowest BCUT2D eigenvalue weighted by Crippen LogP contribution is -2.29. The summed E-state index contributed by atoms with van der Waals surface area (Å²) in [4.78, 5) is 3.27. The van der Waals surface area contributed by atoms with Crippen LogP contribution in [0.3, 0.4) is 0 Å². The highest BCUT2D eigenvalue weighted by atomic mass is 35.5. The Bertz CT molecular complexity index is 556. The molecule has 0 aliphatic carbocycles. The van der Waals surface area contributed by atoms with Gasteiger partial charge in [0.15, 0.2) is 0 Å². The van der Waals surface area contributed by atoms with Crippen LogP contribution in [0.1, 0.15) is 16.9 Å². The molecule has 1 aliphatic heterocycles. The number of β-amino-alcohol motifs (C(OH)–C–C–N with tert-alkyl or cyclic N) is 1. The summed E-state index contributed by atoms with van der Waals surface area (Å²) in [6.45, 7) is 2.49. The van der Waals surface area contributed by atoms with Gasteiger partial charge >= 0.3 is 0 Å². The van der Waals surface area contributed by atoms with Crippen LogP contribution in [0, 0.1) is 0 Å². The Kier molecular flexibility index (Phi) is 3.63. The number of rotatable bonds is 3. The zero-order valence-electron chi connectivity index (χ0n) is 10.6. The normalized spacial score (nSPS) is 23.9. The summed E-state index contributed by atoms with van der Waals surface area (Å²) in [5.74, 6) is 0. The average molecular weight is 294 g/mol. The van der Waals surface area contributed by atoms with Gasteiger partial charge in [-0.25, -0.2) is 0 Å². The molecule has 2 nitrogen and oxygen atoms in total. The van der Waals surface area contributed by atoms with Crippen molar-refractivity contribution in [3.05, 3.63) is 57.2 Å². The summed E-state index contributed by atoms with van der Waals surface area (Å²) in [6, 6.07) is 14.2. The largest absolute Gasteiger partial charge is 0.383 e. The third-order valence-electron chi connectivity index (χ3n) is 3.61. The van der Waals surface area contributed by atoms with Gasteiger partial charge in [-0.2, -0.15) is 0 Å². The van der Waals surface area contributed by atoms with Gasteiger partial charge in [0, 0.05) is 24.5 Å². The molecule has 1 unspecified atom stereocenters. The van der Waals surface area contributed by atoms with Gasteiger partial charge in [-0.3, -0.25) is 4.90 Å². The Morgan fingerprint density at radius 2 is 2.00 bits per heavy atom. The summed E-state index contributed by atoms with van der Waals surface area (Å²) in [6.07, 6.45) is 0.774. The predicted octanol–water partition coefficient (Wildman–Crippen LogP) is 3.50. The summed E-state index contributed by atoms with van der Waals surface area (Å²) in [7, 11) is 0. The quantitative estimate of drug-likeness (QED) is 0.936. The Hall–Kier alpha value is -0.870. The molecule has 1 N–H and O–H groups in total. The van der Waals surface area contributed by atoms with Gasteiger partial charge in [0.2, 0.25) is 0 Å². The first-order chi connectivity index (χ1) is 9.16. The van der Waals surface area contributed by atoms with Crippen molar-refractivity contribution >= 4 is 22.9 Å². The molecule has 1 aromatic carbocycles. The van der Waals surface area contributed by atoms with Crippen LogP contribution in [0.5, 0.6) is 0 Å². The zero-order valence-corrected chi connectivity index (χ0v) is 12.1. The molecule has 3 rings (SSSR count). The molecular formula is C15H16ClNOS. The van der Waals surface area contributed by atoms with Gasteiger partial charge in [-0.1, -0.05) is 41.9 Å². The first-order valence-electron chi connectivity index (χ1n) is 6.40. The number of nitrogens with zero attached hydrogens (tertiary/aromatic N) is 1. The summed E-state index contributed by atoms with van der Waals surface area (Å²) in [5.41, 5.74) is 0.558. The Morgan fingerprint density at radius 1 is 1.21 bits per heavy atom. The summed E-state index contributed by atoms with van der Waals surface area (Å²) >= 11 is 7.44. The van der Waals surface area contributed by atoms with Gasteiger partial charge in [-0.05, 0) is 24.1 Å². The maximum absolute atomic E-state index is 10.7. The van der Waals surface area contributed by atoms with Crippen LogP contribution < -0.4 is 0 Å². The maximum atomic E-state index is 10.7. The van der Waals surface area contributed by atoms with Crippen molar-refractivity contribution in [2.75, 3.05) is 13.1 Å². The molecule has 4 heteroatoms. The molecule has 1 fully saturated rings. The van der Waals surface area contributed by atoms with E-state index < -0.39 is 5.60 Å². The molecule has 2 heterocycles. The third kappa shape index (κ3) is 2.84. The fourth-order valence-electron chi connectivity index (χ4n) is 2.61. The van der Waals surface area contributed by atoms with Crippen LogP contribution in [-0.4, -0.2) is 23.1 Å². The van der Waals surface area contributed by atoms with Crippen molar-refractivity contribution in [3.8, 4) is 0 Å². The lowest BCUT2D eigenvalue weighted by atomic mass is 10.0. The Labute approximate surface area is 122 Å². The maximum Gasteiger partial charge on any atom is 0.113 e. The smallest absolute Gasteiger partial charge is 0.113 e. The topological polar surface area (TPSA) is 23.5 Å². The van der Waals surface area contributed by atoms with Crippen LogP contribution in [0.15, 0.2) is 42.5 Å². The van der Waals surface area contributed by atoms with E-state index in [1.54, 1.807) is 0 Å². The first kappa shape index (κ1) is 13.1. The minimum Gasteiger partial charge on any atom is -0.383 e. The lowest BCUT2D eigenvalue weighted by Gasteiger charge is -2.22.